The van der Waals surface area contributed by atoms with Crippen LogP contribution in [0.15, 0.2) is 29.1 Å². The number of carbonyl (C=O) groups is 1. The van der Waals surface area contributed by atoms with Crippen LogP contribution < -0.4 is 10.9 Å². The van der Waals surface area contributed by atoms with Gasteiger partial charge in [-0.05, 0) is 13.0 Å². The molecule has 5 nitrogen and oxygen atoms in total. The average Bonchev–Trinajstić information content (AvgIpc) is 2.42. The number of nitrogens with one attached hydrogen (secondary N) is 1. The van der Waals surface area contributed by atoms with E-state index in [1.807, 2.05) is 0 Å². The van der Waals surface area contributed by atoms with E-state index in [9.17, 15) is 22.8 Å². The molecule has 0 aliphatic carbocycles. The van der Waals surface area contributed by atoms with Gasteiger partial charge in [0.15, 0.2) is 0 Å². The Kier molecular flexibility index (Phi) is 3.97. The van der Waals surface area contributed by atoms with E-state index < -0.39 is 30.7 Å². The lowest BCUT2D eigenvalue weighted by Gasteiger charge is -2.10. The molecule has 1 amide bonds. The highest BCUT2D eigenvalue weighted by Crippen LogP contribution is 2.13. The number of amides is 1. The molecule has 1 aromatic heterocycles. The van der Waals surface area contributed by atoms with Gasteiger partial charge in [-0.3, -0.25) is 9.59 Å². The van der Waals surface area contributed by atoms with E-state index >= 15 is 0 Å². The molecule has 2 rings (SSSR count). The molecule has 0 unspecified atom stereocenters. The van der Waals surface area contributed by atoms with Crippen molar-refractivity contribution in [3.8, 4) is 0 Å². The fourth-order valence-corrected chi connectivity index (χ4v) is 1.90. The fourth-order valence-electron chi connectivity index (χ4n) is 1.90. The van der Waals surface area contributed by atoms with Crippen LogP contribution in [0.3, 0.4) is 0 Å². The summed E-state index contributed by atoms with van der Waals surface area (Å²) in [5, 5.41) is 6.67. The third kappa shape index (κ3) is 3.59. The lowest BCUT2D eigenvalue weighted by atomic mass is 10.1. The number of nitrogens with zero attached hydrogens (tertiary/aromatic N) is 2. The molecule has 0 radical (unpaired) electrons. The number of rotatable bonds is 3. The second kappa shape index (κ2) is 5.55. The number of carbonyl (C=O) groups excluding carboxylic acids is 1. The van der Waals surface area contributed by atoms with E-state index in [1.54, 1.807) is 36.5 Å². The van der Waals surface area contributed by atoms with Gasteiger partial charge in [0, 0.05) is 5.39 Å². The standard InChI is InChI=1S/C13H12F3N3O2/c1-8-9-4-2-3-5-10(9)12(21)19(18-8)6-11(20)17-7-13(14,15)16/h2-5H,6-7H2,1H3,(H,17,20). The van der Waals surface area contributed by atoms with Gasteiger partial charge in [0.2, 0.25) is 5.91 Å². The molecule has 0 fully saturated rings. The maximum atomic E-state index is 12.1. The molecule has 8 heteroatoms. The molecular weight excluding hydrogens is 287 g/mol. The van der Waals surface area contributed by atoms with Gasteiger partial charge in [-0.25, -0.2) is 4.68 Å². The van der Waals surface area contributed by atoms with Crippen molar-refractivity contribution in [2.24, 2.45) is 0 Å². The minimum Gasteiger partial charge on any atom is -0.345 e. The van der Waals surface area contributed by atoms with Crippen LogP contribution in [0.5, 0.6) is 0 Å². The monoisotopic (exact) mass is 299 g/mol. The lowest BCUT2D eigenvalue weighted by molar-refractivity contribution is -0.138. The summed E-state index contributed by atoms with van der Waals surface area (Å²) in [5.74, 6) is -0.920. The zero-order chi connectivity index (χ0) is 15.6. The maximum Gasteiger partial charge on any atom is 0.405 e. The van der Waals surface area contributed by atoms with E-state index in [-0.39, 0.29) is 0 Å². The fraction of sp³-hybridized carbons (Fsp3) is 0.308. The zero-order valence-corrected chi connectivity index (χ0v) is 11.1. The van der Waals surface area contributed by atoms with Crippen molar-refractivity contribution in [1.82, 2.24) is 15.1 Å². The third-order valence-electron chi connectivity index (χ3n) is 2.83. The SMILES string of the molecule is Cc1nn(CC(=O)NCC(F)(F)F)c(=O)c2ccccc12. The van der Waals surface area contributed by atoms with Gasteiger partial charge in [0.25, 0.3) is 5.56 Å². The van der Waals surface area contributed by atoms with E-state index in [0.29, 0.717) is 16.5 Å². The zero-order valence-electron chi connectivity index (χ0n) is 11.1. The summed E-state index contributed by atoms with van der Waals surface area (Å²) in [7, 11) is 0. The second-order valence-corrected chi connectivity index (χ2v) is 4.49. The highest BCUT2D eigenvalue weighted by Gasteiger charge is 2.27. The molecule has 112 valence electrons. The van der Waals surface area contributed by atoms with Crippen molar-refractivity contribution in [3.05, 3.63) is 40.3 Å². The Labute approximate surface area is 117 Å². The number of hydrogen-bond acceptors (Lipinski definition) is 3. The maximum absolute atomic E-state index is 12.1. The highest BCUT2D eigenvalue weighted by atomic mass is 19.4. The Hall–Kier alpha value is -2.38. The number of benzene rings is 1. The van der Waals surface area contributed by atoms with Crippen molar-refractivity contribution in [1.29, 1.82) is 0 Å². The van der Waals surface area contributed by atoms with Crippen molar-refractivity contribution in [2.75, 3.05) is 6.54 Å². The predicted molar refractivity (Wildman–Crippen MR) is 69.8 cm³/mol. The van der Waals surface area contributed by atoms with Crippen molar-refractivity contribution >= 4 is 16.7 Å². The molecule has 0 saturated heterocycles. The number of aryl methyl sites for hydroxylation is 1. The smallest absolute Gasteiger partial charge is 0.345 e. The van der Waals surface area contributed by atoms with Crippen LogP contribution in [-0.4, -0.2) is 28.4 Å². The molecule has 0 bridgehead atoms. The topological polar surface area (TPSA) is 64.0 Å². The average molecular weight is 299 g/mol. The summed E-state index contributed by atoms with van der Waals surface area (Å²) < 4.78 is 36.9. The van der Waals surface area contributed by atoms with E-state index in [1.165, 1.54) is 0 Å². The number of halogens is 3. The minimum absolute atomic E-state index is 0.369. The number of hydrogen-bond donors (Lipinski definition) is 1. The van der Waals surface area contributed by atoms with Gasteiger partial charge < -0.3 is 5.32 Å². The summed E-state index contributed by atoms with van der Waals surface area (Å²) in [6, 6.07) is 6.71. The first kappa shape index (κ1) is 15.0. The molecule has 1 heterocycles. The third-order valence-corrected chi connectivity index (χ3v) is 2.83. The van der Waals surface area contributed by atoms with Crippen LogP contribution in [0.25, 0.3) is 10.8 Å². The molecule has 0 spiro atoms. The molecule has 1 N–H and O–H groups in total. The van der Waals surface area contributed by atoms with Gasteiger partial charge in [-0.1, -0.05) is 18.2 Å². The van der Waals surface area contributed by atoms with Crippen LogP contribution in [0.2, 0.25) is 0 Å². The molecule has 0 aliphatic rings. The summed E-state index contributed by atoms with van der Waals surface area (Å²) in [4.78, 5) is 23.6. The highest BCUT2D eigenvalue weighted by molar-refractivity contribution is 5.83. The summed E-state index contributed by atoms with van der Waals surface area (Å²) in [6.45, 7) is -0.334. The van der Waals surface area contributed by atoms with Gasteiger partial charge >= 0.3 is 6.18 Å². The number of alkyl halides is 3. The Morgan fingerprint density at radius 1 is 1.29 bits per heavy atom. The van der Waals surface area contributed by atoms with E-state index in [4.69, 9.17) is 0 Å². The van der Waals surface area contributed by atoms with Gasteiger partial charge in [0.1, 0.15) is 13.1 Å². The molecule has 1 aromatic carbocycles. The first-order valence-electron chi connectivity index (χ1n) is 6.08. The number of aromatic nitrogens is 2. The van der Waals surface area contributed by atoms with Gasteiger partial charge in [0.05, 0.1) is 11.1 Å². The largest absolute Gasteiger partial charge is 0.405 e. The molecule has 2 aromatic rings. The van der Waals surface area contributed by atoms with Crippen molar-refractivity contribution in [3.63, 3.8) is 0 Å². The lowest BCUT2D eigenvalue weighted by Crippen LogP contribution is -2.38. The van der Waals surface area contributed by atoms with Crippen LogP contribution in [0, 0.1) is 6.92 Å². The number of fused-ring (bicyclic) bond motifs is 1. The quantitative estimate of drug-likeness (QED) is 0.931. The van der Waals surface area contributed by atoms with Crippen LogP contribution in [-0.2, 0) is 11.3 Å². The van der Waals surface area contributed by atoms with E-state index in [0.717, 1.165) is 4.68 Å². The Balaban J connectivity index is 2.25. The van der Waals surface area contributed by atoms with Gasteiger partial charge in [-0.2, -0.15) is 18.3 Å². The molecular formula is C13H12F3N3O2. The molecule has 0 atom stereocenters. The Bertz CT molecular complexity index is 737. The summed E-state index contributed by atoms with van der Waals surface area (Å²) in [6.07, 6.45) is -4.49. The predicted octanol–water partition coefficient (Wildman–Crippen LogP) is 1.38. The van der Waals surface area contributed by atoms with Crippen molar-refractivity contribution < 1.29 is 18.0 Å². The summed E-state index contributed by atoms with van der Waals surface area (Å²) >= 11 is 0. The Morgan fingerprint density at radius 2 is 1.90 bits per heavy atom. The first-order chi connectivity index (χ1) is 9.78. The second-order valence-electron chi connectivity index (χ2n) is 4.49. The van der Waals surface area contributed by atoms with Crippen LogP contribution in [0.1, 0.15) is 5.69 Å². The summed E-state index contributed by atoms with van der Waals surface area (Å²) in [5.41, 5.74) is 0.00665. The molecule has 0 aliphatic heterocycles. The Morgan fingerprint density at radius 3 is 2.52 bits per heavy atom. The molecule has 0 saturated carbocycles. The normalized spacial score (nSPS) is 11.6. The van der Waals surface area contributed by atoms with Crippen LogP contribution >= 0.6 is 0 Å². The molecule has 21 heavy (non-hydrogen) atoms. The van der Waals surface area contributed by atoms with Gasteiger partial charge in [-0.15, -0.1) is 0 Å². The van der Waals surface area contributed by atoms with Crippen LogP contribution in [0.4, 0.5) is 13.2 Å². The minimum atomic E-state index is -4.49. The van der Waals surface area contributed by atoms with E-state index in [2.05, 4.69) is 5.10 Å². The first-order valence-corrected chi connectivity index (χ1v) is 6.08. The van der Waals surface area contributed by atoms with Crippen molar-refractivity contribution in [2.45, 2.75) is 19.6 Å².